The van der Waals surface area contributed by atoms with E-state index in [0.29, 0.717) is 5.56 Å². The number of hydrogen-bond acceptors (Lipinski definition) is 4. The number of carbonyl (C=O) groups is 1. The molecule has 0 spiro atoms. The summed E-state index contributed by atoms with van der Waals surface area (Å²) in [6, 6.07) is 8.20. The molecular formula is C15H17NO3S. The fourth-order valence-corrected chi connectivity index (χ4v) is 2.74. The lowest BCUT2D eigenvalue weighted by Gasteiger charge is -2.24. The normalized spacial score (nSPS) is 12.1. The molecule has 0 radical (unpaired) electrons. The molecule has 2 aromatic rings. The lowest BCUT2D eigenvalue weighted by Crippen LogP contribution is -2.36. The second kappa shape index (κ2) is 5.96. The summed E-state index contributed by atoms with van der Waals surface area (Å²) in [6.07, 6.45) is 0.796. The summed E-state index contributed by atoms with van der Waals surface area (Å²) in [4.78, 5) is 15.2. The van der Waals surface area contributed by atoms with Crippen LogP contribution in [0.15, 0.2) is 35.7 Å². The monoisotopic (exact) mass is 291 g/mol. The van der Waals surface area contributed by atoms with Crippen LogP contribution in [0.4, 0.5) is 0 Å². The average molecular weight is 291 g/mol. The number of thiophene rings is 1. The third kappa shape index (κ3) is 3.11. The van der Waals surface area contributed by atoms with Gasteiger partial charge in [0, 0.05) is 30.0 Å². The van der Waals surface area contributed by atoms with Crippen molar-refractivity contribution in [3.8, 4) is 11.5 Å². The second-order valence-corrected chi connectivity index (χ2v) is 5.78. The number of nitrogens with zero attached hydrogens (tertiary/aromatic N) is 1. The standard InChI is InChI=1S/C15H17NO3S/c1-10(8-12-4-3-7-20-12)16(2)15(19)11-5-6-13(17)14(18)9-11/h3-7,9-10,17-18H,8H2,1-2H3. The van der Waals surface area contributed by atoms with Crippen molar-refractivity contribution in [1.82, 2.24) is 4.90 Å². The molecule has 2 rings (SSSR count). The molecular weight excluding hydrogens is 274 g/mol. The highest BCUT2D eigenvalue weighted by molar-refractivity contribution is 7.09. The third-order valence-electron chi connectivity index (χ3n) is 3.28. The summed E-state index contributed by atoms with van der Waals surface area (Å²) in [7, 11) is 1.74. The Bertz CT molecular complexity index is 595. The Kier molecular flexibility index (Phi) is 4.29. The largest absolute Gasteiger partial charge is 0.504 e. The van der Waals surface area contributed by atoms with Crippen LogP contribution in [0.2, 0.25) is 0 Å². The molecule has 1 aromatic heterocycles. The predicted molar refractivity (Wildman–Crippen MR) is 79.4 cm³/mol. The maximum atomic E-state index is 12.3. The van der Waals surface area contributed by atoms with E-state index in [1.807, 2.05) is 24.4 Å². The van der Waals surface area contributed by atoms with E-state index in [1.165, 1.54) is 23.1 Å². The maximum absolute atomic E-state index is 12.3. The van der Waals surface area contributed by atoms with E-state index in [2.05, 4.69) is 0 Å². The Morgan fingerprint density at radius 1 is 1.30 bits per heavy atom. The molecule has 0 aliphatic rings. The molecule has 0 saturated heterocycles. The van der Waals surface area contributed by atoms with E-state index >= 15 is 0 Å². The molecule has 1 amide bonds. The zero-order chi connectivity index (χ0) is 14.7. The summed E-state index contributed by atoms with van der Waals surface area (Å²) < 4.78 is 0. The minimum atomic E-state index is -0.282. The van der Waals surface area contributed by atoms with Crippen molar-refractivity contribution in [3.63, 3.8) is 0 Å². The SMILES string of the molecule is CC(Cc1cccs1)N(C)C(=O)c1ccc(O)c(O)c1. The molecule has 0 bridgehead atoms. The molecule has 1 aromatic carbocycles. The number of benzene rings is 1. The van der Waals surface area contributed by atoms with Crippen molar-refractivity contribution in [1.29, 1.82) is 0 Å². The molecule has 0 aliphatic heterocycles. The van der Waals surface area contributed by atoms with E-state index in [0.717, 1.165) is 6.42 Å². The van der Waals surface area contributed by atoms with Gasteiger partial charge in [-0.2, -0.15) is 0 Å². The Morgan fingerprint density at radius 2 is 2.05 bits per heavy atom. The Morgan fingerprint density at radius 3 is 2.65 bits per heavy atom. The first kappa shape index (κ1) is 14.4. The van der Waals surface area contributed by atoms with Gasteiger partial charge in [-0.3, -0.25) is 4.79 Å². The van der Waals surface area contributed by atoms with Crippen LogP contribution in [0.1, 0.15) is 22.2 Å². The van der Waals surface area contributed by atoms with Crippen molar-refractivity contribution < 1.29 is 15.0 Å². The number of aromatic hydroxyl groups is 2. The van der Waals surface area contributed by atoms with E-state index < -0.39 is 0 Å². The third-order valence-corrected chi connectivity index (χ3v) is 4.18. The predicted octanol–water partition coefficient (Wildman–Crippen LogP) is 2.86. The fourth-order valence-electron chi connectivity index (χ4n) is 1.92. The van der Waals surface area contributed by atoms with Crippen LogP contribution in [-0.4, -0.2) is 34.1 Å². The van der Waals surface area contributed by atoms with Crippen molar-refractivity contribution in [2.45, 2.75) is 19.4 Å². The van der Waals surface area contributed by atoms with E-state index in [-0.39, 0.29) is 23.4 Å². The summed E-state index contributed by atoms with van der Waals surface area (Å²) in [6.45, 7) is 1.98. The first-order valence-corrected chi connectivity index (χ1v) is 7.18. The summed E-state index contributed by atoms with van der Waals surface area (Å²) in [5.41, 5.74) is 0.362. The summed E-state index contributed by atoms with van der Waals surface area (Å²) in [5.74, 6) is -0.685. The highest BCUT2D eigenvalue weighted by atomic mass is 32.1. The highest BCUT2D eigenvalue weighted by Gasteiger charge is 2.19. The number of hydrogen-bond donors (Lipinski definition) is 2. The van der Waals surface area contributed by atoms with Crippen LogP contribution in [0.3, 0.4) is 0 Å². The number of amides is 1. The van der Waals surface area contributed by atoms with Crippen LogP contribution >= 0.6 is 11.3 Å². The van der Waals surface area contributed by atoms with Crippen LogP contribution < -0.4 is 0 Å². The first-order valence-electron chi connectivity index (χ1n) is 6.30. The van der Waals surface area contributed by atoms with Crippen molar-refractivity contribution in [3.05, 3.63) is 46.2 Å². The highest BCUT2D eigenvalue weighted by Crippen LogP contribution is 2.25. The topological polar surface area (TPSA) is 60.8 Å². The molecule has 1 unspecified atom stereocenters. The van der Waals surface area contributed by atoms with E-state index in [1.54, 1.807) is 23.3 Å². The molecule has 0 fully saturated rings. The zero-order valence-corrected chi connectivity index (χ0v) is 12.2. The molecule has 5 heteroatoms. The van der Waals surface area contributed by atoms with Gasteiger partial charge in [-0.25, -0.2) is 0 Å². The molecule has 106 valence electrons. The van der Waals surface area contributed by atoms with E-state index in [9.17, 15) is 15.0 Å². The number of rotatable bonds is 4. The van der Waals surface area contributed by atoms with Crippen LogP contribution in [-0.2, 0) is 6.42 Å². The van der Waals surface area contributed by atoms with Gasteiger partial charge in [0.15, 0.2) is 11.5 Å². The first-order chi connectivity index (χ1) is 9.49. The average Bonchev–Trinajstić information content (AvgIpc) is 2.93. The minimum absolute atomic E-state index is 0.0529. The number of carbonyl (C=O) groups excluding carboxylic acids is 1. The number of phenolic OH excluding ortho intramolecular Hbond substituents is 2. The second-order valence-electron chi connectivity index (χ2n) is 4.75. The Balaban J connectivity index is 2.09. The summed E-state index contributed by atoms with van der Waals surface area (Å²) in [5, 5.41) is 20.7. The minimum Gasteiger partial charge on any atom is -0.504 e. The quantitative estimate of drug-likeness (QED) is 0.852. The van der Waals surface area contributed by atoms with Crippen LogP contribution in [0.5, 0.6) is 11.5 Å². The molecule has 4 nitrogen and oxygen atoms in total. The number of likely N-dealkylation sites (N-methyl/N-ethyl adjacent to an activating group) is 1. The van der Waals surface area contributed by atoms with Crippen LogP contribution in [0, 0.1) is 0 Å². The molecule has 0 aliphatic carbocycles. The molecule has 1 heterocycles. The lowest BCUT2D eigenvalue weighted by atomic mass is 10.1. The van der Waals surface area contributed by atoms with Crippen molar-refractivity contribution in [2.75, 3.05) is 7.05 Å². The lowest BCUT2D eigenvalue weighted by molar-refractivity contribution is 0.0743. The van der Waals surface area contributed by atoms with Gasteiger partial charge in [0.2, 0.25) is 0 Å². The van der Waals surface area contributed by atoms with Gasteiger partial charge < -0.3 is 15.1 Å². The van der Waals surface area contributed by atoms with Crippen molar-refractivity contribution in [2.24, 2.45) is 0 Å². The molecule has 0 saturated carbocycles. The van der Waals surface area contributed by atoms with Crippen LogP contribution in [0.25, 0.3) is 0 Å². The van der Waals surface area contributed by atoms with E-state index in [4.69, 9.17) is 0 Å². The molecule has 20 heavy (non-hydrogen) atoms. The van der Waals surface area contributed by atoms with Gasteiger partial charge in [-0.15, -0.1) is 11.3 Å². The smallest absolute Gasteiger partial charge is 0.253 e. The molecule has 1 atom stereocenters. The van der Waals surface area contributed by atoms with Gasteiger partial charge in [0.25, 0.3) is 5.91 Å². The van der Waals surface area contributed by atoms with Gasteiger partial charge >= 0.3 is 0 Å². The van der Waals surface area contributed by atoms with Gasteiger partial charge in [-0.1, -0.05) is 6.07 Å². The van der Waals surface area contributed by atoms with Crippen molar-refractivity contribution >= 4 is 17.2 Å². The maximum Gasteiger partial charge on any atom is 0.253 e. The fraction of sp³-hybridized carbons (Fsp3) is 0.267. The number of phenols is 2. The van der Waals surface area contributed by atoms with Gasteiger partial charge in [0.05, 0.1) is 0 Å². The zero-order valence-electron chi connectivity index (χ0n) is 11.4. The Labute approximate surface area is 121 Å². The molecule has 2 N–H and O–H groups in total. The van der Waals surface area contributed by atoms with Gasteiger partial charge in [0.1, 0.15) is 0 Å². The summed E-state index contributed by atoms with van der Waals surface area (Å²) >= 11 is 1.67. The Hall–Kier alpha value is -2.01. The van der Waals surface area contributed by atoms with Gasteiger partial charge in [-0.05, 0) is 36.6 Å².